The zero-order valence-corrected chi connectivity index (χ0v) is 18.5. The van der Waals surface area contributed by atoms with E-state index in [2.05, 4.69) is 6.92 Å². The maximum atomic E-state index is 12.2. The van der Waals surface area contributed by atoms with Crippen molar-refractivity contribution in [1.82, 2.24) is 0 Å². The SMILES string of the molecule is CCCCCC(O)/C=C/C1=C(OC(=O)CC(=O)OCC)C[C@H](OC(C)=O)[C@H]1OC(C)=O. The fourth-order valence-electron chi connectivity index (χ4n) is 3.11. The molecule has 0 aliphatic heterocycles. The number of ether oxygens (including phenoxy) is 4. The molecule has 31 heavy (non-hydrogen) atoms. The fourth-order valence-corrected chi connectivity index (χ4v) is 3.11. The lowest BCUT2D eigenvalue weighted by Crippen LogP contribution is -2.31. The van der Waals surface area contributed by atoms with E-state index in [1.165, 1.54) is 26.0 Å². The number of hydrogen-bond donors (Lipinski definition) is 1. The highest BCUT2D eigenvalue weighted by atomic mass is 16.6. The summed E-state index contributed by atoms with van der Waals surface area (Å²) in [4.78, 5) is 46.8. The van der Waals surface area contributed by atoms with Crippen LogP contribution in [0.25, 0.3) is 0 Å². The zero-order valence-electron chi connectivity index (χ0n) is 18.5. The second-order valence-electron chi connectivity index (χ2n) is 7.14. The van der Waals surface area contributed by atoms with E-state index in [-0.39, 0.29) is 24.4 Å². The topological polar surface area (TPSA) is 125 Å². The van der Waals surface area contributed by atoms with E-state index in [0.29, 0.717) is 6.42 Å². The third-order valence-corrected chi connectivity index (χ3v) is 4.40. The maximum absolute atomic E-state index is 12.2. The first-order valence-corrected chi connectivity index (χ1v) is 10.5. The molecular formula is C22H32O9. The van der Waals surface area contributed by atoms with Crippen molar-refractivity contribution >= 4 is 23.9 Å². The van der Waals surface area contributed by atoms with Gasteiger partial charge in [0, 0.05) is 25.8 Å². The summed E-state index contributed by atoms with van der Waals surface area (Å²) in [5.74, 6) is -2.70. The number of carbonyl (C=O) groups excluding carboxylic acids is 4. The van der Waals surface area contributed by atoms with Crippen molar-refractivity contribution in [3.63, 3.8) is 0 Å². The molecule has 1 N–H and O–H groups in total. The quantitative estimate of drug-likeness (QED) is 0.211. The predicted octanol–water partition coefficient (Wildman–Crippen LogP) is 2.50. The number of rotatable bonds is 12. The molecule has 0 amide bonds. The Morgan fingerprint density at radius 1 is 1.06 bits per heavy atom. The molecule has 9 nitrogen and oxygen atoms in total. The van der Waals surface area contributed by atoms with Crippen LogP contribution in [0.2, 0.25) is 0 Å². The van der Waals surface area contributed by atoms with Crippen molar-refractivity contribution in [3.8, 4) is 0 Å². The number of aliphatic hydroxyl groups is 1. The van der Waals surface area contributed by atoms with Crippen LogP contribution in [0.15, 0.2) is 23.5 Å². The molecule has 0 aromatic carbocycles. The first-order chi connectivity index (χ1) is 14.7. The summed E-state index contributed by atoms with van der Waals surface area (Å²) in [5, 5.41) is 10.2. The summed E-state index contributed by atoms with van der Waals surface area (Å²) in [5.41, 5.74) is 0.285. The van der Waals surface area contributed by atoms with E-state index in [1.807, 2.05) is 0 Å². The average Bonchev–Trinajstić information content (AvgIpc) is 2.94. The number of aliphatic hydroxyl groups excluding tert-OH is 1. The molecule has 3 atom stereocenters. The highest BCUT2D eigenvalue weighted by Crippen LogP contribution is 2.34. The highest BCUT2D eigenvalue weighted by Gasteiger charge is 2.40. The molecule has 174 valence electrons. The molecule has 0 bridgehead atoms. The number of esters is 4. The molecule has 0 spiro atoms. The van der Waals surface area contributed by atoms with Crippen molar-refractivity contribution in [2.75, 3.05) is 6.61 Å². The standard InChI is InChI=1S/C22H32O9/c1-5-7-8-9-16(25)10-11-17-18(31-21(27)13-20(26)28-6-2)12-19(29-14(3)23)22(17)30-15(4)24/h10-11,16,19,22,25H,5-9,12-13H2,1-4H3/b11-10+/t16?,19-,22-/m0/s1. The Morgan fingerprint density at radius 2 is 1.74 bits per heavy atom. The molecule has 0 heterocycles. The molecule has 9 heteroatoms. The van der Waals surface area contributed by atoms with Crippen LogP contribution in [0.5, 0.6) is 0 Å². The summed E-state index contributed by atoms with van der Waals surface area (Å²) >= 11 is 0. The zero-order chi connectivity index (χ0) is 23.4. The molecular weight excluding hydrogens is 408 g/mol. The summed E-state index contributed by atoms with van der Waals surface area (Å²) in [6.45, 7) is 6.22. The summed E-state index contributed by atoms with van der Waals surface area (Å²) < 4.78 is 20.6. The average molecular weight is 440 g/mol. The maximum Gasteiger partial charge on any atom is 0.322 e. The minimum Gasteiger partial charge on any atom is -0.466 e. The number of hydrogen-bond acceptors (Lipinski definition) is 9. The molecule has 1 aliphatic rings. The van der Waals surface area contributed by atoms with Crippen LogP contribution < -0.4 is 0 Å². The third kappa shape index (κ3) is 9.78. The van der Waals surface area contributed by atoms with Gasteiger partial charge in [0.05, 0.1) is 12.7 Å². The van der Waals surface area contributed by atoms with E-state index < -0.39 is 48.6 Å². The third-order valence-electron chi connectivity index (χ3n) is 4.40. The van der Waals surface area contributed by atoms with Crippen molar-refractivity contribution < 1.29 is 43.2 Å². The molecule has 1 unspecified atom stereocenters. The van der Waals surface area contributed by atoms with Crippen LogP contribution in [-0.4, -0.2) is 53.9 Å². The molecule has 0 aromatic rings. The van der Waals surface area contributed by atoms with Gasteiger partial charge in [0.1, 0.15) is 18.3 Å². The fraction of sp³-hybridized carbons (Fsp3) is 0.636. The smallest absolute Gasteiger partial charge is 0.322 e. The Bertz CT molecular complexity index is 708. The van der Waals surface area contributed by atoms with Crippen LogP contribution >= 0.6 is 0 Å². The van der Waals surface area contributed by atoms with E-state index in [9.17, 15) is 24.3 Å². The lowest BCUT2D eigenvalue weighted by Gasteiger charge is -2.20. The van der Waals surface area contributed by atoms with Gasteiger partial charge in [-0.25, -0.2) is 0 Å². The first kappa shape index (κ1) is 26.4. The van der Waals surface area contributed by atoms with E-state index in [4.69, 9.17) is 18.9 Å². The van der Waals surface area contributed by atoms with Gasteiger partial charge in [-0.2, -0.15) is 0 Å². The Labute approximate surface area is 182 Å². The lowest BCUT2D eigenvalue weighted by atomic mass is 10.1. The summed E-state index contributed by atoms with van der Waals surface area (Å²) in [6.07, 6.45) is 3.11. The van der Waals surface area contributed by atoms with Gasteiger partial charge in [0.15, 0.2) is 6.10 Å². The van der Waals surface area contributed by atoms with Gasteiger partial charge in [0.25, 0.3) is 0 Å². The van der Waals surface area contributed by atoms with Crippen LogP contribution in [0.4, 0.5) is 0 Å². The Balaban J connectivity index is 3.10. The Kier molecular flexibility index (Phi) is 11.6. The molecule has 0 saturated heterocycles. The second kappa shape index (κ2) is 13.6. The molecule has 0 aromatic heterocycles. The minimum absolute atomic E-state index is 0.0301. The van der Waals surface area contributed by atoms with Crippen LogP contribution in [-0.2, 0) is 38.1 Å². The highest BCUT2D eigenvalue weighted by molar-refractivity contribution is 5.91. The number of unbranched alkanes of at least 4 members (excludes halogenated alkanes) is 2. The van der Waals surface area contributed by atoms with Gasteiger partial charge in [-0.15, -0.1) is 0 Å². The Hall–Kier alpha value is -2.68. The lowest BCUT2D eigenvalue weighted by molar-refractivity contribution is -0.161. The molecule has 0 radical (unpaired) electrons. The van der Waals surface area contributed by atoms with Gasteiger partial charge in [-0.05, 0) is 13.3 Å². The number of carbonyl (C=O) groups is 4. The van der Waals surface area contributed by atoms with Gasteiger partial charge < -0.3 is 24.1 Å². The van der Waals surface area contributed by atoms with E-state index in [1.54, 1.807) is 6.92 Å². The van der Waals surface area contributed by atoms with Crippen LogP contribution in [0, 0.1) is 0 Å². The summed E-state index contributed by atoms with van der Waals surface area (Å²) in [6, 6.07) is 0. The van der Waals surface area contributed by atoms with E-state index >= 15 is 0 Å². The van der Waals surface area contributed by atoms with Gasteiger partial charge in [-0.3, -0.25) is 19.2 Å². The molecule has 0 saturated carbocycles. The van der Waals surface area contributed by atoms with Crippen molar-refractivity contribution in [1.29, 1.82) is 0 Å². The van der Waals surface area contributed by atoms with Crippen molar-refractivity contribution in [3.05, 3.63) is 23.5 Å². The minimum atomic E-state index is -1.01. The Morgan fingerprint density at radius 3 is 2.32 bits per heavy atom. The second-order valence-corrected chi connectivity index (χ2v) is 7.14. The molecule has 1 aliphatic carbocycles. The summed E-state index contributed by atoms with van der Waals surface area (Å²) in [7, 11) is 0. The normalized spacial score (nSPS) is 19.3. The van der Waals surface area contributed by atoms with Gasteiger partial charge >= 0.3 is 23.9 Å². The van der Waals surface area contributed by atoms with Crippen LogP contribution in [0.3, 0.4) is 0 Å². The van der Waals surface area contributed by atoms with Gasteiger partial charge in [0.2, 0.25) is 0 Å². The first-order valence-electron chi connectivity index (χ1n) is 10.5. The largest absolute Gasteiger partial charge is 0.466 e. The molecule has 1 rings (SSSR count). The monoisotopic (exact) mass is 440 g/mol. The van der Waals surface area contributed by atoms with Crippen molar-refractivity contribution in [2.45, 2.75) is 84.5 Å². The predicted molar refractivity (Wildman–Crippen MR) is 109 cm³/mol. The van der Waals surface area contributed by atoms with E-state index in [0.717, 1.165) is 19.3 Å². The van der Waals surface area contributed by atoms with Crippen molar-refractivity contribution in [2.24, 2.45) is 0 Å². The van der Waals surface area contributed by atoms with Crippen LogP contribution in [0.1, 0.15) is 66.2 Å². The molecule has 0 fully saturated rings. The van der Waals surface area contributed by atoms with Gasteiger partial charge in [-0.1, -0.05) is 38.3 Å².